The number of nitrogens with one attached hydrogen (secondary N) is 4. The lowest BCUT2D eigenvalue weighted by molar-refractivity contribution is 0.193. The lowest BCUT2D eigenvalue weighted by atomic mass is 10.0. The molecule has 4 N–H and O–H groups in total. The highest BCUT2D eigenvalue weighted by atomic mass is 16.2. The fraction of sp³-hybridized carbons (Fsp3) is 0.385. The number of amides is 2. The van der Waals surface area contributed by atoms with Crippen LogP contribution in [-0.2, 0) is 6.54 Å². The number of anilines is 2. The van der Waals surface area contributed by atoms with E-state index in [-0.39, 0.29) is 11.6 Å². The Morgan fingerprint density at radius 2 is 2.03 bits per heavy atom. The van der Waals surface area contributed by atoms with Crippen LogP contribution in [0.1, 0.15) is 38.4 Å². The maximum Gasteiger partial charge on any atom is 0.318 e. The number of hydrogen-bond donors (Lipinski definition) is 4. The Kier molecular flexibility index (Phi) is 6.13. The molecule has 10 heteroatoms. The molecular formula is C26H33N9O. The number of aromatic amines is 2. The third-order valence-electron chi connectivity index (χ3n) is 6.13. The molecule has 1 aromatic carbocycles. The summed E-state index contributed by atoms with van der Waals surface area (Å²) in [6.07, 6.45) is 6.28. The second-order valence-electron chi connectivity index (χ2n) is 10.6. The number of rotatable bonds is 5. The van der Waals surface area contributed by atoms with E-state index in [1.54, 1.807) is 6.33 Å². The Morgan fingerprint density at radius 1 is 1.19 bits per heavy atom. The fourth-order valence-corrected chi connectivity index (χ4v) is 4.52. The average molecular weight is 488 g/mol. The van der Waals surface area contributed by atoms with Crippen LogP contribution in [0.5, 0.6) is 0 Å². The maximum absolute atomic E-state index is 12.5. The first-order valence-corrected chi connectivity index (χ1v) is 12.1. The number of urea groups is 1. The van der Waals surface area contributed by atoms with Crippen LogP contribution in [0, 0.1) is 0 Å². The van der Waals surface area contributed by atoms with Gasteiger partial charge in [-0.05, 0) is 70.6 Å². The molecule has 0 unspecified atom stereocenters. The molecule has 2 amide bonds. The van der Waals surface area contributed by atoms with Gasteiger partial charge >= 0.3 is 6.03 Å². The van der Waals surface area contributed by atoms with Crippen LogP contribution in [0.2, 0.25) is 0 Å². The topological polar surface area (TPSA) is 118 Å². The van der Waals surface area contributed by atoms with Crippen LogP contribution in [0.3, 0.4) is 0 Å². The highest BCUT2D eigenvalue weighted by Crippen LogP contribution is 2.31. The van der Waals surface area contributed by atoms with Crippen molar-refractivity contribution in [2.45, 2.75) is 39.3 Å². The lowest BCUT2D eigenvalue weighted by Crippen LogP contribution is -2.49. The maximum atomic E-state index is 12.5. The molecule has 3 aromatic heterocycles. The molecule has 5 rings (SSSR count). The highest BCUT2D eigenvalue weighted by Gasteiger charge is 2.22. The lowest BCUT2D eigenvalue weighted by Gasteiger charge is -2.30. The van der Waals surface area contributed by atoms with Gasteiger partial charge in [0, 0.05) is 41.9 Å². The van der Waals surface area contributed by atoms with Gasteiger partial charge in [-0.3, -0.25) is 5.10 Å². The van der Waals surface area contributed by atoms with Crippen LogP contribution < -0.4 is 10.6 Å². The highest BCUT2D eigenvalue weighted by molar-refractivity contribution is 5.93. The number of fused-ring (bicyclic) bond motifs is 2. The van der Waals surface area contributed by atoms with Gasteiger partial charge in [0.1, 0.15) is 17.8 Å². The van der Waals surface area contributed by atoms with Gasteiger partial charge in [-0.25, -0.2) is 14.8 Å². The largest absolute Gasteiger partial charge is 0.340 e. The minimum absolute atomic E-state index is 0.0324. The summed E-state index contributed by atoms with van der Waals surface area (Å²) < 4.78 is 0. The van der Waals surface area contributed by atoms with Crippen molar-refractivity contribution < 1.29 is 4.79 Å². The van der Waals surface area contributed by atoms with Crippen molar-refractivity contribution in [2.75, 3.05) is 32.5 Å². The van der Waals surface area contributed by atoms with E-state index >= 15 is 0 Å². The van der Waals surface area contributed by atoms with E-state index in [0.717, 1.165) is 57.7 Å². The van der Waals surface area contributed by atoms with E-state index in [1.807, 2.05) is 46.0 Å². The van der Waals surface area contributed by atoms with Crippen molar-refractivity contribution in [3.8, 4) is 0 Å². The zero-order valence-corrected chi connectivity index (χ0v) is 21.4. The van der Waals surface area contributed by atoms with Gasteiger partial charge in [0.2, 0.25) is 0 Å². The molecule has 0 spiro atoms. The second-order valence-corrected chi connectivity index (χ2v) is 10.6. The monoisotopic (exact) mass is 487 g/mol. The molecule has 0 saturated carbocycles. The van der Waals surface area contributed by atoms with Crippen molar-refractivity contribution >= 4 is 45.0 Å². The first-order chi connectivity index (χ1) is 17.2. The SMILES string of the molecule is CN(C)Cc1cc(Nc2ncnc3[nH]c(C4=CCN(C(=O)NC(C)(C)C)CC4)cc23)cc2cn[nH]c12. The molecular weight excluding hydrogens is 454 g/mol. The van der Waals surface area contributed by atoms with Crippen molar-refractivity contribution in [2.24, 2.45) is 0 Å². The van der Waals surface area contributed by atoms with Gasteiger partial charge in [0.05, 0.1) is 17.1 Å². The van der Waals surface area contributed by atoms with Crippen molar-refractivity contribution in [3.05, 3.63) is 48.1 Å². The van der Waals surface area contributed by atoms with Gasteiger partial charge in [-0.15, -0.1) is 0 Å². The number of carbonyl (C=O) groups excluding carboxylic acids is 1. The molecule has 0 radical (unpaired) electrons. The Balaban J connectivity index is 1.39. The number of H-pyrrole nitrogens is 2. The van der Waals surface area contributed by atoms with Gasteiger partial charge in [-0.1, -0.05) is 6.08 Å². The van der Waals surface area contributed by atoms with E-state index in [9.17, 15) is 4.79 Å². The van der Waals surface area contributed by atoms with Crippen LogP contribution in [-0.4, -0.2) is 73.7 Å². The Morgan fingerprint density at radius 3 is 2.75 bits per heavy atom. The van der Waals surface area contributed by atoms with Crippen molar-refractivity contribution in [3.63, 3.8) is 0 Å². The number of carbonyl (C=O) groups is 1. The Hall–Kier alpha value is -3.92. The first kappa shape index (κ1) is 23.8. The molecule has 10 nitrogen and oxygen atoms in total. The van der Waals surface area contributed by atoms with Gasteiger partial charge in [0.25, 0.3) is 0 Å². The molecule has 0 saturated heterocycles. The normalized spacial score (nSPS) is 14.5. The summed E-state index contributed by atoms with van der Waals surface area (Å²) >= 11 is 0. The quantitative estimate of drug-likeness (QED) is 0.335. The van der Waals surface area contributed by atoms with Gasteiger partial charge in [-0.2, -0.15) is 5.10 Å². The van der Waals surface area contributed by atoms with Gasteiger partial charge in [0.15, 0.2) is 0 Å². The molecule has 4 aromatic rings. The van der Waals surface area contributed by atoms with Crippen LogP contribution >= 0.6 is 0 Å². The average Bonchev–Trinajstić information content (AvgIpc) is 3.45. The molecule has 1 aliphatic rings. The molecule has 0 bridgehead atoms. The van der Waals surface area contributed by atoms with Crippen LogP contribution in [0.15, 0.2) is 36.8 Å². The van der Waals surface area contributed by atoms with E-state index < -0.39 is 0 Å². The zero-order valence-electron chi connectivity index (χ0n) is 21.4. The summed E-state index contributed by atoms with van der Waals surface area (Å²) in [5.41, 5.74) is 5.84. The summed E-state index contributed by atoms with van der Waals surface area (Å²) in [5.74, 6) is 0.740. The summed E-state index contributed by atoms with van der Waals surface area (Å²) in [6, 6.07) is 6.25. The van der Waals surface area contributed by atoms with Crippen LogP contribution in [0.25, 0.3) is 27.5 Å². The third kappa shape index (κ3) is 5.03. The molecule has 0 fully saturated rings. The minimum Gasteiger partial charge on any atom is -0.340 e. The Labute approximate surface area is 210 Å². The predicted molar refractivity (Wildman–Crippen MR) is 143 cm³/mol. The van der Waals surface area contributed by atoms with Gasteiger partial charge < -0.3 is 25.4 Å². The molecule has 36 heavy (non-hydrogen) atoms. The van der Waals surface area contributed by atoms with E-state index in [1.165, 1.54) is 5.57 Å². The van der Waals surface area contributed by atoms with E-state index in [0.29, 0.717) is 13.1 Å². The summed E-state index contributed by atoms with van der Waals surface area (Å²) in [4.78, 5) is 28.9. The number of nitrogens with zero attached hydrogens (tertiary/aromatic N) is 5. The molecule has 1 aliphatic heterocycles. The van der Waals surface area contributed by atoms with E-state index in [2.05, 4.69) is 65.0 Å². The molecule has 0 aliphatic carbocycles. The summed E-state index contributed by atoms with van der Waals surface area (Å²) in [7, 11) is 4.10. The van der Waals surface area contributed by atoms with Crippen LogP contribution in [0.4, 0.5) is 16.3 Å². The van der Waals surface area contributed by atoms with Crippen molar-refractivity contribution in [1.82, 2.24) is 40.3 Å². The smallest absolute Gasteiger partial charge is 0.318 e. The molecule has 188 valence electrons. The molecule has 0 atom stereocenters. The summed E-state index contributed by atoms with van der Waals surface area (Å²) in [5, 5.41) is 15.8. The van der Waals surface area contributed by atoms with Crippen molar-refractivity contribution in [1.29, 1.82) is 0 Å². The number of aromatic nitrogens is 5. The number of hydrogen-bond acceptors (Lipinski definition) is 6. The van der Waals surface area contributed by atoms with E-state index in [4.69, 9.17) is 0 Å². The fourth-order valence-electron chi connectivity index (χ4n) is 4.52. The minimum atomic E-state index is -0.254. The predicted octanol–water partition coefficient (Wildman–Crippen LogP) is 4.24. The second kappa shape index (κ2) is 9.27. The number of benzene rings is 1. The standard InChI is InChI=1S/C26H33N9O/c1-26(2,3)32-25(36)35-8-6-16(7-9-35)21-12-20-23(27-15-28-24(20)31-21)30-19-10-17-13-29-33-22(17)18(11-19)14-34(4)5/h6,10-13,15H,7-9,14H2,1-5H3,(H,29,33)(H,32,36)(H2,27,28,30,31). The summed E-state index contributed by atoms with van der Waals surface area (Å²) in [6.45, 7) is 8.00. The first-order valence-electron chi connectivity index (χ1n) is 12.1. The molecule has 4 heterocycles. The third-order valence-corrected chi connectivity index (χ3v) is 6.13. The Bertz CT molecular complexity index is 1440. The zero-order chi connectivity index (χ0) is 25.4.